The maximum absolute atomic E-state index is 12.7. The van der Waals surface area contributed by atoms with Crippen LogP contribution in [0.25, 0.3) is 0 Å². The van der Waals surface area contributed by atoms with Gasteiger partial charge in [0.05, 0.1) is 18.2 Å². The van der Waals surface area contributed by atoms with Crippen molar-refractivity contribution >= 4 is 23.2 Å². The van der Waals surface area contributed by atoms with E-state index in [4.69, 9.17) is 4.74 Å². The van der Waals surface area contributed by atoms with E-state index in [2.05, 4.69) is 5.32 Å². The van der Waals surface area contributed by atoms with Crippen LogP contribution in [0.15, 0.2) is 42.5 Å². The van der Waals surface area contributed by atoms with Gasteiger partial charge in [-0.1, -0.05) is 29.8 Å². The summed E-state index contributed by atoms with van der Waals surface area (Å²) in [5.41, 5.74) is 3.68. The largest absolute Gasteiger partial charge is 0.492 e. The summed E-state index contributed by atoms with van der Waals surface area (Å²) in [6, 6.07) is 13.3. The van der Waals surface area contributed by atoms with Crippen LogP contribution in [0.2, 0.25) is 0 Å². The molecule has 0 aromatic heterocycles. The second-order valence-electron chi connectivity index (χ2n) is 6.61. The summed E-state index contributed by atoms with van der Waals surface area (Å²) in [5, 5.41) is 2.96. The van der Waals surface area contributed by atoms with Gasteiger partial charge >= 0.3 is 0 Å². The van der Waals surface area contributed by atoms with Crippen molar-refractivity contribution in [3.63, 3.8) is 0 Å². The highest BCUT2D eigenvalue weighted by molar-refractivity contribution is 6.04. The number of nitrogens with one attached hydrogen (secondary N) is 1. The first-order chi connectivity index (χ1) is 12.5. The van der Waals surface area contributed by atoms with E-state index >= 15 is 0 Å². The van der Waals surface area contributed by atoms with Gasteiger partial charge in [-0.15, -0.1) is 0 Å². The quantitative estimate of drug-likeness (QED) is 0.893. The molecule has 0 aliphatic carbocycles. The molecule has 1 atom stereocenters. The molecule has 1 saturated heterocycles. The molecule has 2 aromatic carbocycles. The molecule has 1 heterocycles. The minimum atomic E-state index is -0.377. The first-order valence-corrected chi connectivity index (χ1v) is 8.90. The number of nitrogens with zero attached hydrogens (tertiary/aromatic N) is 1. The third kappa shape index (κ3) is 3.72. The molecular weight excluding hydrogens is 328 g/mol. The van der Waals surface area contributed by atoms with Crippen LogP contribution in [0.5, 0.6) is 5.75 Å². The second-order valence-corrected chi connectivity index (χ2v) is 6.61. The van der Waals surface area contributed by atoms with Crippen LogP contribution in [-0.4, -0.2) is 25.0 Å². The fraction of sp³-hybridized carbons (Fsp3) is 0.333. The first-order valence-electron chi connectivity index (χ1n) is 8.90. The molecule has 1 aliphatic rings. The van der Waals surface area contributed by atoms with E-state index in [-0.39, 0.29) is 24.2 Å². The zero-order chi connectivity index (χ0) is 18.7. The van der Waals surface area contributed by atoms with Gasteiger partial charge in [0, 0.05) is 18.7 Å². The van der Waals surface area contributed by atoms with E-state index in [9.17, 15) is 9.59 Å². The first kappa shape index (κ1) is 18.0. The normalized spacial score (nSPS) is 16.7. The Morgan fingerprint density at radius 3 is 2.73 bits per heavy atom. The number of rotatable bonds is 5. The molecule has 5 heteroatoms. The van der Waals surface area contributed by atoms with E-state index in [1.165, 1.54) is 0 Å². The number of carbonyl (C=O) groups excluding carboxylic acids is 2. The predicted octanol–water partition coefficient (Wildman–Crippen LogP) is 3.69. The van der Waals surface area contributed by atoms with Gasteiger partial charge in [-0.25, -0.2) is 0 Å². The molecule has 5 nitrogen and oxygen atoms in total. The Balaban J connectivity index is 1.74. The molecule has 2 amide bonds. The lowest BCUT2D eigenvalue weighted by molar-refractivity contribution is -0.122. The summed E-state index contributed by atoms with van der Waals surface area (Å²) in [6.45, 7) is 6.77. The van der Waals surface area contributed by atoms with Gasteiger partial charge in [0.15, 0.2) is 0 Å². The SMILES string of the molecule is CCOc1ccccc1N1CC(C(=O)Nc2ccc(C)cc2C)CC1=O. The van der Waals surface area contributed by atoms with Gasteiger partial charge < -0.3 is 15.0 Å². The number of benzene rings is 2. The Morgan fingerprint density at radius 2 is 2.00 bits per heavy atom. The predicted molar refractivity (Wildman–Crippen MR) is 103 cm³/mol. The molecule has 0 saturated carbocycles. The second kappa shape index (κ2) is 7.60. The van der Waals surface area contributed by atoms with Crippen molar-refractivity contribution in [3.05, 3.63) is 53.6 Å². The number of hydrogen-bond acceptors (Lipinski definition) is 3. The van der Waals surface area contributed by atoms with E-state index < -0.39 is 0 Å². The van der Waals surface area contributed by atoms with Crippen molar-refractivity contribution in [1.29, 1.82) is 0 Å². The van der Waals surface area contributed by atoms with Gasteiger partial charge in [-0.3, -0.25) is 9.59 Å². The van der Waals surface area contributed by atoms with Gasteiger partial charge in [-0.05, 0) is 44.5 Å². The van der Waals surface area contributed by atoms with Gasteiger partial charge in [0.1, 0.15) is 5.75 Å². The molecular formula is C21H24N2O3. The highest BCUT2D eigenvalue weighted by Gasteiger charge is 2.36. The molecule has 1 aliphatic heterocycles. The number of carbonyl (C=O) groups is 2. The number of amides is 2. The minimum Gasteiger partial charge on any atom is -0.492 e. The van der Waals surface area contributed by atoms with Gasteiger partial charge in [0.25, 0.3) is 0 Å². The molecule has 0 spiro atoms. The smallest absolute Gasteiger partial charge is 0.229 e. The van der Waals surface area contributed by atoms with E-state index in [0.717, 1.165) is 22.5 Å². The third-order valence-electron chi connectivity index (χ3n) is 4.59. The van der Waals surface area contributed by atoms with E-state index in [1.54, 1.807) is 4.90 Å². The number of ether oxygens (including phenoxy) is 1. The fourth-order valence-corrected chi connectivity index (χ4v) is 3.26. The lowest BCUT2D eigenvalue weighted by Crippen LogP contribution is -2.28. The van der Waals surface area contributed by atoms with Crippen molar-refractivity contribution in [1.82, 2.24) is 0 Å². The Hall–Kier alpha value is -2.82. The number of aryl methyl sites for hydroxylation is 2. The van der Waals surface area contributed by atoms with Crippen molar-refractivity contribution in [2.45, 2.75) is 27.2 Å². The van der Waals surface area contributed by atoms with Crippen LogP contribution in [0.1, 0.15) is 24.5 Å². The van der Waals surface area contributed by atoms with Crippen molar-refractivity contribution in [3.8, 4) is 5.75 Å². The zero-order valence-electron chi connectivity index (χ0n) is 15.4. The maximum Gasteiger partial charge on any atom is 0.229 e. The average molecular weight is 352 g/mol. The Kier molecular flexibility index (Phi) is 5.26. The van der Waals surface area contributed by atoms with Crippen LogP contribution in [-0.2, 0) is 9.59 Å². The molecule has 2 aromatic rings. The van der Waals surface area contributed by atoms with Gasteiger partial charge in [0.2, 0.25) is 11.8 Å². The molecule has 3 rings (SSSR count). The van der Waals surface area contributed by atoms with Crippen LogP contribution in [0.3, 0.4) is 0 Å². The van der Waals surface area contributed by atoms with Crippen molar-refractivity contribution < 1.29 is 14.3 Å². The van der Waals surface area contributed by atoms with E-state index in [0.29, 0.717) is 18.9 Å². The topological polar surface area (TPSA) is 58.6 Å². The third-order valence-corrected chi connectivity index (χ3v) is 4.59. The van der Waals surface area contributed by atoms with Crippen LogP contribution in [0.4, 0.5) is 11.4 Å². The highest BCUT2D eigenvalue weighted by Crippen LogP contribution is 2.33. The number of para-hydroxylation sites is 2. The Morgan fingerprint density at radius 1 is 1.23 bits per heavy atom. The molecule has 0 bridgehead atoms. The lowest BCUT2D eigenvalue weighted by Gasteiger charge is -2.20. The summed E-state index contributed by atoms with van der Waals surface area (Å²) in [5.74, 6) is 0.108. The Labute approximate surface area is 154 Å². The molecule has 26 heavy (non-hydrogen) atoms. The summed E-state index contributed by atoms with van der Waals surface area (Å²) < 4.78 is 5.62. The summed E-state index contributed by atoms with van der Waals surface area (Å²) in [6.07, 6.45) is 0.206. The van der Waals surface area contributed by atoms with Gasteiger partial charge in [-0.2, -0.15) is 0 Å². The Bertz CT molecular complexity index is 832. The number of anilines is 2. The summed E-state index contributed by atoms with van der Waals surface area (Å²) in [7, 11) is 0. The molecule has 1 N–H and O–H groups in total. The van der Waals surface area contributed by atoms with Crippen LogP contribution in [0, 0.1) is 19.8 Å². The number of hydrogen-bond donors (Lipinski definition) is 1. The van der Waals surface area contributed by atoms with Crippen LogP contribution < -0.4 is 15.0 Å². The zero-order valence-corrected chi connectivity index (χ0v) is 15.4. The van der Waals surface area contributed by atoms with E-state index in [1.807, 2.05) is 63.2 Å². The van der Waals surface area contributed by atoms with Crippen LogP contribution >= 0.6 is 0 Å². The fourth-order valence-electron chi connectivity index (χ4n) is 3.26. The van der Waals surface area contributed by atoms with Crippen molar-refractivity contribution in [2.24, 2.45) is 5.92 Å². The van der Waals surface area contributed by atoms with Crippen molar-refractivity contribution in [2.75, 3.05) is 23.4 Å². The molecule has 1 fully saturated rings. The lowest BCUT2D eigenvalue weighted by atomic mass is 10.1. The average Bonchev–Trinajstić information content (AvgIpc) is 3.00. The maximum atomic E-state index is 12.7. The minimum absolute atomic E-state index is 0.0575. The summed E-state index contributed by atoms with van der Waals surface area (Å²) >= 11 is 0. The highest BCUT2D eigenvalue weighted by atomic mass is 16.5. The standard InChI is InChI=1S/C21H24N2O3/c1-4-26-19-8-6-5-7-18(19)23-13-16(12-20(23)24)21(25)22-17-10-9-14(2)11-15(17)3/h5-11,16H,4,12-13H2,1-3H3,(H,22,25). The summed E-state index contributed by atoms with van der Waals surface area (Å²) in [4.78, 5) is 26.8. The molecule has 0 radical (unpaired) electrons. The monoisotopic (exact) mass is 352 g/mol. The molecule has 136 valence electrons. The molecule has 1 unspecified atom stereocenters.